The van der Waals surface area contributed by atoms with Crippen molar-refractivity contribution >= 4 is 18.6 Å². The van der Waals surface area contributed by atoms with Crippen molar-refractivity contribution in [2.45, 2.75) is 0 Å². The lowest BCUT2D eigenvalue weighted by Crippen LogP contribution is -1.88. The van der Waals surface area contributed by atoms with Gasteiger partial charge in [-0.25, -0.2) is 9.97 Å². The lowest BCUT2D eigenvalue weighted by atomic mass is 10.4. The highest BCUT2D eigenvalue weighted by atomic mass is 14.9. The SMILES string of the molecule is C=Nc1cncnc1C=NC. The van der Waals surface area contributed by atoms with E-state index >= 15 is 0 Å². The minimum Gasteiger partial charge on any atom is -0.294 e. The molecule has 0 aliphatic heterocycles. The van der Waals surface area contributed by atoms with Gasteiger partial charge >= 0.3 is 0 Å². The molecule has 0 saturated heterocycles. The summed E-state index contributed by atoms with van der Waals surface area (Å²) in [5.74, 6) is 0. The lowest BCUT2D eigenvalue weighted by molar-refractivity contribution is 1.15. The first kappa shape index (κ1) is 7.53. The van der Waals surface area contributed by atoms with Crippen LogP contribution in [0.3, 0.4) is 0 Å². The van der Waals surface area contributed by atoms with Crippen molar-refractivity contribution in [1.29, 1.82) is 0 Å². The lowest BCUT2D eigenvalue weighted by Gasteiger charge is -1.94. The normalized spacial score (nSPS) is 10.3. The first-order chi connectivity index (χ1) is 5.38. The summed E-state index contributed by atoms with van der Waals surface area (Å²) in [5, 5.41) is 0. The Kier molecular flexibility index (Phi) is 2.43. The average molecular weight is 148 g/mol. The van der Waals surface area contributed by atoms with Crippen LogP contribution in [0.5, 0.6) is 0 Å². The van der Waals surface area contributed by atoms with Crippen LogP contribution in [0.15, 0.2) is 22.5 Å². The molecule has 0 aliphatic rings. The second kappa shape index (κ2) is 3.55. The standard InChI is InChI=1S/C7H8N4/c1-8-3-7-6(9-2)4-10-5-11-7/h3-5H,2H2,1H3. The molecule has 0 aliphatic carbocycles. The molecule has 1 heterocycles. The predicted molar refractivity (Wildman–Crippen MR) is 44.8 cm³/mol. The third-order valence-electron chi connectivity index (χ3n) is 1.14. The van der Waals surface area contributed by atoms with E-state index in [1.165, 1.54) is 6.33 Å². The van der Waals surface area contributed by atoms with Gasteiger partial charge in [0.25, 0.3) is 0 Å². The summed E-state index contributed by atoms with van der Waals surface area (Å²) in [6.07, 6.45) is 4.66. The van der Waals surface area contributed by atoms with Gasteiger partial charge in [0, 0.05) is 13.3 Å². The summed E-state index contributed by atoms with van der Waals surface area (Å²) in [6, 6.07) is 0. The topological polar surface area (TPSA) is 50.5 Å². The molecule has 0 aromatic carbocycles. The number of hydrogen-bond acceptors (Lipinski definition) is 4. The highest BCUT2D eigenvalue weighted by Gasteiger charge is 1.95. The minimum atomic E-state index is 0.651. The second-order valence-electron chi connectivity index (χ2n) is 1.84. The maximum atomic E-state index is 3.95. The van der Waals surface area contributed by atoms with E-state index in [0.717, 1.165) is 0 Å². The quantitative estimate of drug-likeness (QED) is 0.584. The van der Waals surface area contributed by atoms with Crippen LogP contribution in [0.25, 0.3) is 0 Å². The number of aromatic nitrogens is 2. The number of hydrogen-bond donors (Lipinski definition) is 0. The number of aliphatic imine (C=N–C) groups is 2. The van der Waals surface area contributed by atoms with Crippen molar-refractivity contribution in [2.75, 3.05) is 7.05 Å². The molecule has 56 valence electrons. The molecule has 0 fully saturated rings. The van der Waals surface area contributed by atoms with Crippen molar-refractivity contribution in [2.24, 2.45) is 9.98 Å². The molecule has 1 aromatic heterocycles. The maximum absolute atomic E-state index is 3.95. The van der Waals surface area contributed by atoms with Gasteiger partial charge in [0.1, 0.15) is 17.7 Å². The van der Waals surface area contributed by atoms with Gasteiger partial charge in [-0.15, -0.1) is 0 Å². The summed E-state index contributed by atoms with van der Waals surface area (Å²) in [4.78, 5) is 15.3. The summed E-state index contributed by atoms with van der Waals surface area (Å²) in [5.41, 5.74) is 1.34. The molecular weight excluding hydrogens is 140 g/mol. The van der Waals surface area contributed by atoms with E-state index in [1.807, 2.05) is 0 Å². The van der Waals surface area contributed by atoms with Crippen LogP contribution in [-0.2, 0) is 0 Å². The van der Waals surface area contributed by atoms with E-state index in [4.69, 9.17) is 0 Å². The molecule has 0 radical (unpaired) electrons. The monoisotopic (exact) mass is 148 g/mol. The molecule has 0 spiro atoms. The molecule has 1 aromatic rings. The fourth-order valence-corrected chi connectivity index (χ4v) is 0.675. The van der Waals surface area contributed by atoms with Crippen LogP contribution in [0.1, 0.15) is 5.69 Å². The van der Waals surface area contributed by atoms with E-state index in [2.05, 4.69) is 26.7 Å². The third kappa shape index (κ3) is 1.67. The van der Waals surface area contributed by atoms with Gasteiger partial charge in [-0.1, -0.05) is 0 Å². The summed E-state index contributed by atoms with van der Waals surface area (Å²) >= 11 is 0. The van der Waals surface area contributed by atoms with Gasteiger partial charge in [-0.3, -0.25) is 9.98 Å². The van der Waals surface area contributed by atoms with E-state index in [1.54, 1.807) is 19.5 Å². The van der Waals surface area contributed by atoms with Gasteiger partial charge in [0.05, 0.1) is 6.20 Å². The van der Waals surface area contributed by atoms with E-state index in [-0.39, 0.29) is 0 Å². The predicted octanol–water partition coefficient (Wildman–Crippen LogP) is 0.857. The Hall–Kier alpha value is -1.58. The zero-order valence-electron chi connectivity index (χ0n) is 6.23. The molecule has 4 heteroatoms. The van der Waals surface area contributed by atoms with E-state index < -0.39 is 0 Å². The summed E-state index contributed by atoms with van der Waals surface area (Å²) in [6.45, 7) is 3.38. The Balaban J connectivity index is 3.11. The molecular formula is C7H8N4. The van der Waals surface area contributed by atoms with Crippen LogP contribution in [0, 0.1) is 0 Å². The van der Waals surface area contributed by atoms with Crippen LogP contribution >= 0.6 is 0 Å². The molecule has 4 nitrogen and oxygen atoms in total. The molecule has 0 atom stereocenters. The summed E-state index contributed by atoms with van der Waals surface area (Å²) in [7, 11) is 1.68. The Morgan fingerprint density at radius 2 is 2.45 bits per heavy atom. The Morgan fingerprint density at radius 3 is 3.09 bits per heavy atom. The van der Waals surface area contributed by atoms with Crippen LogP contribution < -0.4 is 0 Å². The van der Waals surface area contributed by atoms with Gasteiger partial charge in [-0.2, -0.15) is 0 Å². The van der Waals surface area contributed by atoms with Crippen molar-refractivity contribution in [3.63, 3.8) is 0 Å². The van der Waals surface area contributed by atoms with Crippen molar-refractivity contribution in [3.05, 3.63) is 18.2 Å². The van der Waals surface area contributed by atoms with Gasteiger partial charge in [-0.05, 0) is 6.72 Å². The molecule has 11 heavy (non-hydrogen) atoms. The van der Waals surface area contributed by atoms with Gasteiger partial charge in [0.15, 0.2) is 0 Å². The van der Waals surface area contributed by atoms with Gasteiger partial charge in [0.2, 0.25) is 0 Å². The van der Waals surface area contributed by atoms with Crippen molar-refractivity contribution < 1.29 is 0 Å². The Labute approximate surface area is 64.8 Å². The van der Waals surface area contributed by atoms with Crippen LogP contribution in [-0.4, -0.2) is 29.9 Å². The van der Waals surface area contributed by atoms with Crippen molar-refractivity contribution in [1.82, 2.24) is 9.97 Å². The van der Waals surface area contributed by atoms with Gasteiger partial charge < -0.3 is 0 Å². The molecule has 0 amide bonds. The number of rotatable bonds is 2. The van der Waals surface area contributed by atoms with E-state index in [9.17, 15) is 0 Å². The molecule has 0 bridgehead atoms. The fourth-order valence-electron chi connectivity index (χ4n) is 0.675. The van der Waals surface area contributed by atoms with Crippen LogP contribution in [0.4, 0.5) is 5.69 Å². The molecule has 0 saturated carbocycles. The first-order valence-corrected chi connectivity index (χ1v) is 3.07. The number of nitrogens with zero attached hydrogens (tertiary/aromatic N) is 4. The fraction of sp³-hybridized carbons (Fsp3) is 0.143. The maximum Gasteiger partial charge on any atom is 0.116 e. The second-order valence-corrected chi connectivity index (χ2v) is 1.84. The summed E-state index contributed by atoms with van der Waals surface area (Å²) < 4.78 is 0. The highest BCUT2D eigenvalue weighted by Crippen LogP contribution is 2.10. The minimum absolute atomic E-state index is 0.651. The average Bonchev–Trinajstić information content (AvgIpc) is 2.06. The van der Waals surface area contributed by atoms with Crippen LogP contribution in [0.2, 0.25) is 0 Å². The smallest absolute Gasteiger partial charge is 0.116 e. The largest absolute Gasteiger partial charge is 0.294 e. The van der Waals surface area contributed by atoms with E-state index in [0.29, 0.717) is 11.4 Å². The molecule has 0 N–H and O–H groups in total. The van der Waals surface area contributed by atoms with Crippen molar-refractivity contribution in [3.8, 4) is 0 Å². The zero-order chi connectivity index (χ0) is 8.10. The third-order valence-corrected chi connectivity index (χ3v) is 1.14. The Morgan fingerprint density at radius 1 is 1.64 bits per heavy atom. The molecule has 1 rings (SSSR count). The molecule has 0 unspecified atom stereocenters. The zero-order valence-corrected chi connectivity index (χ0v) is 6.23. The first-order valence-electron chi connectivity index (χ1n) is 3.07. The Bertz CT molecular complexity index is 280. The highest BCUT2D eigenvalue weighted by molar-refractivity contribution is 5.83.